The first-order chi connectivity index (χ1) is 17.0. The molecule has 0 aliphatic heterocycles. The van der Waals surface area contributed by atoms with Gasteiger partial charge in [-0.15, -0.1) is 5.11 Å². The van der Waals surface area contributed by atoms with E-state index in [0.29, 0.717) is 5.69 Å². The van der Waals surface area contributed by atoms with Crippen LogP contribution in [0.25, 0.3) is 0 Å². The Balaban J connectivity index is 2.08. The van der Waals surface area contributed by atoms with Crippen molar-refractivity contribution in [3.05, 3.63) is 58.1 Å². The zero-order valence-electron chi connectivity index (χ0n) is 21.0. The van der Waals surface area contributed by atoms with Crippen LogP contribution in [0, 0.1) is 10.1 Å². The minimum absolute atomic E-state index is 0.0184. The lowest BCUT2D eigenvalue weighted by Crippen LogP contribution is -2.25. The molecule has 0 spiro atoms. The number of carboxylic acids is 1. The summed E-state index contributed by atoms with van der Waals surface area (Å²) in [6.45, 7) is 6.51. The molecule has 0 amide bonds. The number of azo groups is 1. The van der Waals surface area contributed by atoms with Crippen LogP contribution in [0.5, 0.6) is 0 Å². The van der Waals surface area contributed by atoms with Gasteiger partial charge in [-0.1, -0.05) is 65.2 Å². The molecular weight excluding hydrogens is 444 g/mol. The molecule has 2 aromatic carbocycles. The fourth-order valence-electron chi connectivity index (χ4n) is 3.91. The maximum absolute atomic E-state index is 11.3. The number of hydrogen-bond acceptors (Lipinski definition) is 6. The van der Waals surface area contributed by atoms with Crippen LogP contribution in [0.4, 0.5) is 22.7 Å². The van der Waals surface area contributed by atoms with Gasteiger partial charge in [0, 0.05) is 24.8 Å². The van der Waals surface area contributed by atoms with Gasteiger partial charge >= 0.3 is 5.97 Å². The molecule has 0 aromatic heterocycles. The zero-order chi connectivity index (χ0) is 25.5. The molecule has 0 saturated carbocycles. The number of anilines is 1. The Morgan fingerprint density at radius 3 is 1.94 bits per heavy atom. The molecule has 0 aliphatic carbocycles. The number of rotatable bonds is 17. The van der Waals surface area contributed by atoms with Crippen LogP contribution in [-0.4, -0.2) is 29.1 Å². The topological polar surface area (TPSA) is 108 Å². The van der Waals surface area contributed by atoms with E-state index < -0.39 is 10.9 Å². The Kier molecular flexibility index (Phi) is 12.4. The second-order valence-electron chi connectivity index (χ2n) is 8.80. The van der Waals surface area contributed by atoms with Gasteiger partial charge in [0.15, 0.2) is 5.69 Å². The van der Waals surface area contributed by atoms with Crippen LogP contribution in [0.2, 0.25) is 0 Å². The van der Waals surface area contributed by atoms with Crippen molar-refractivity contribution in [3.63, 3.8) is 0 Å². The number of benzene rings is 2. The standard InChI is InChI=1S/C27H38N4O4/c1-3-5-7-9-11-19-30(20-12-10-8-6-4-2)24-16-14-23(15-17-24)28-29-25-18-13-22(27(32)33)21-26(25)31(34)35/h13-18,21H,3-12,19-20H2,1-2H3,(H,32,33)/b29-28+. The van der Waals surface area contributed by atoms with Gasteiger partial charge in [-0.25, -0.2) is 4.79 Å². The Hall–Kier alpha value is -3.29. The Bertz CT molecular complexity index is 946. The van der Waals surface area contributed by atoms with E-state index in [1.165, 1.54) is 76.3 Å². The number of carboxylic acid groups (broad SMARTS) is 1. The first kappa shape index (κ1) is 28.0. The summed E-state index contributed by atoms with van der Waals surface area (Å²) in [5.74, 6) is -1.23. The second-order valence-corrected chi connectivity index (χ2v) is 8.80. The van der Waals surface area contributed by atoms with Crippen molar-refractivity contribution in [3.8, 4) is 0 Å². The Morgan fingerprint density at radius 1 is 0.857 bits per heavy atom. The lowest BCUT2D eigenvalue weighted by atomic mass is 10.1. The van der Waals surface area contributed by atoms with Gasteiger partial charge < -0.3 is 10.0 Å². The van der Waals surface area contributed by atoms with Gasteiger partial charge in [0.25, 0.3) is 5.69 Å². The van der Waals surface area contributed by atoms with Crippen LogP contribution in [-0.2, 0) is 0 Å². The molecule has 0 bridgehead atoms. The first-order valence-electron chi connectivity index (χ1n) is 12.7. The third-order valence-corrected chi connectivity index (χ3v) is 5.97. The number of nitro benzene ring substituents is 1. The SMILES string of the molecule is CCCCCCCN(CCCCCCC)c1ccc(/N=N/c2ccc(C(=O)O)cc2[N+](=O)[O-])cc1. The fourth-order valence-corrected chi connectivity index (χ4v) is 3.91. The number of unbranched alkanes of at least 4 members (excludes halogenated alkanes) is 8. The summed E-state index contributed by atoms with van der Waals surface area (Å²) in [5.41, 5.74) is 1.19. The van der Waals surface area contributed by atoms with E-state index in [0.717, 1.165) is 24.8 Å². The quantitative estimate of drug-likeness (QED) is 0.105. The third-order valence-electron chi connectivity index (χ3n) is 5.97. The van der Waals surface area contributed by atoms with Crippen LogP contribution in [0.1, 0.15) is 88.4 Å². The molecule has 8 heteroatoms. The molecule has 0 unspecified atom stereocenters. The zero-order valence-corrected chi connectivity index (χ0v) is 21.0. The summed E-state index contributed by atoms with van der Waals surface area (Å²) in [5, 5.41) is 28.5. The molecule has 0 aliphatic rings. The minimum atomic E-state index is -1.23. The number of carbonyl (C=O) groups is 1. The maximum Gasteiger partial charge on any atom is 0.335 e. The summed E-state index contributed by atoms with van der Waals surface area (Å²) in [4.78, 5) is 24.2. The minimum Gasteiger partial charge on any atom is -0.478 e. The number of aromatic carboxylic acids is 1. The highest BCUT2D eigenvalue weighted by atomic mass is 16.6. The summed E-state index contributed by atoms with van der Waals surface area (Å²) < 4.78 is 0. The highest BCUT2D eigenvalue weighted by Crippen LogP contribution is 2.30. The molecule has 2 aromatic rings. The van der Waals surface area contributed by atoms with Gasteiger partial charge in [0.2, 0.25) is 0 Å². The van der Waals surface area contributed by atoms with Crippen molar-refractivity contribution in [1.29, 1.82) is 0 Å². The van der Waals surface area contributed by atoms with Crippen LogP contribution < -0.4 is 4.90 Å². The normalized spacial score (nSPS) is 11.1. The van der Waals surface area contributed by atoms with E-state index in [4.69, 9.17) is 5.11 Å². The molecule has 190 valence electrons. The molecule has 0 heterocycles. The van der Waals surface area contributed by atoms with Crippen molar-refractivity contribution >= 4 is 28.7 Å². The average molecular weight is 483 g/mol. The molecule has 0 fully saturated rings. The van der Waals surface area contributed by atoms with Crippen molar-refractivity contribution < 1.29 is 14.8 Å². The predicted octanol–water partition coefficient (Wildman–Crippen LogP) is 8.46. The lowest BCUT2D eigenvalue weighted by molar-refractivity contribution is -0.384. The summed E-state index contributed by atoms with van der Waals surface area (Å²) in [6.07, 6.45) is 12.4. The lowest BCUT2D eigenvalue weighted by Gasteiger charge is -2.25. The largest absolute Gasteiger partial charge is 0.478 e. The van der Waals surface area contributed by atoms with Gasteiger partial charge in [0.1, 0.15) is 0 Å². The highest BCUT2D eigenvalue weighted by molar-refractivity contribution is 5.89. The fraction of sp³-hybridized carbons (Fsp3) is 0.519. The van der Waals surface area contributed by atoms with E-state index in [-0.39, 0.29) is 16.9 Å². The average Bonchev–Trinajstić information content (AvgIpc) is 2.86. The Morgan fingerprint density at radius 2 is 1.43 bits per heavy atom. The Labute approximate surface area is 208 Å². The first-order valence-corrected chi connectivity index (χ1v) is 12.7. The molecule has 0 atom stereocenters. The van der Waals surface area contributed by atoms with Crippen molar-refractivity contribution in [2.75, 3.05) is 18.0 Å². The molecule has 35 heavy (non-hydrogen) atoms. The number of nitro groups is 1. The number of hydrogen-bond donors (Lipinski definition) is 1. The molecule has 0 radical (unpaired) electrons. The molecule has 2 rings (SSSR count). The summed E-state index contributed by atoms with van der Waals surface area (Å²) in [7, 11) is 0. The monoisotopic (exact) mass is 482 g/mol. The van der Waals surface area contributed by atoms with Crippen molar-refractivity contribution in [2.24, 2.45) is 10.2 Å². The predicted molar refractivity (Wildman–Crippen MR) is 140 cm³/mol. The van der Waals surface area contributed by atoms with Gasteiger partial charge in [-0.3, -0.25) is 10.1 Å². The summed E-state index contributed by atoms with van der Waals surface area (Å²) in [6, 6.07) is 11.3. The van der Waals surface area contributed by atoms with Gasteiger partial charge in [-0.2, -0.15) is 5.11 Å². The van der Waals surface area contributed by atoms with Gasteiger partial charge in [0.05, 0.1) is 16.2 Å². The molecule has 8 nitrogen and oxygen atoms in total. The third kappa shape index (κ3) is 9.84. The van der Waals surface area contributed by atoms with E-state index >= 15 is 0 Å². The molecular formula is C27H38N4O4. The number of nitrogens with zero attached hydrogens (tertiary/aromatic N) is 4. The van der Waals surface area contributed by atoms with Crippen LogP contribution in [0.3, 0.4) is 0 Å². The van der Waals surface area contributed by atoms with E-state index in [2.05, 4.69) is 29.0 Å². The van der Waals surface area contributed by atoms with Crippen molar-refractivity contribution in [1.82, 2.24) is 0 Å². The smallest absolute Gasteiger partial charge is 0.335 e. The van der Waals surface area contributed by atoms with Crippen LogP contribution >= 0.6 is 0 Å². The van der Waals surface area contributed by atoms with E-state index in [9.17, 15) is 14.9 Å². The maximum atomic E-state index is 11.3. The van der Waals surface area contributed by atoms with Gasteiger partial charge in [-0.05, 0) is 49.2 Å². The van der Waals surface area contributed by atoms with Crippen molar-refractivity contribution in [2.45, 2.75) is 78.1 Å². The van der Waals surface area contributed by atoms with E-state index in [1.54, 1.807) is 0 Å². The molecule has 0 saturated heterocycles. The second kappa shape index (κ2) is 15.6. The van der Waals surface area contributed by atoms with E-state index in [1.807, 2.05) is 24.3 Å². The summed E-state index contributed by atoms with van der Waals surface area (Å²) >= 11 is 0. The van der Waals surface area contributed by atoms with Crippen LogP contribution in [0.15, 0.2) is 52.7 Å². The molecule has 1 N–H and O–H groups in total. The highest BCUT2D eigenvalue weighted by Gasteiger charge is 2.17.